The Kier molecular flexibility index (Phi) is 2.86. The molecule has 1 aliphatic heterocycles. The first-order chi connectivity index (χ1) is 9.58. The van der Waals surface area contributed by atoms with Crippen LogP contribution >= 0.6 is 0 Å². The Balaban J connectivity index is 2.26. The molecular weight excluding hydrogens is 254 g/mol. The van der Waals surface area contributed by atoms with Crippen LogP contribution in [0.3, 0.4) is 0 Å². The minimum atomic E-state index is -0.290. The number of carbonyl (C=O) groups excluding carboxylic acids is 1. The Labute approximate surface area is 117 Å². The van der Waals surface area contributed by atoms with Crippen molar-refractivity contribution in [3.8, 4) is 22.6 Å². The maximum atomic E-state index is 11.9. The summed E-state index contributed by atoms with van der Waals surface area (Å²) in [5, 5.41) is 0. The predicted molar refractivity (Wildman–Crippen MR) is 76.9 cm³/mol. The fraction of sp³-hybridized carbons (Fsp3) is 0.188. The Hall–Kier alpha value is -2.49. The van der Waals surface area contributed by atoms with Crippen molar-refractivity contribution in [2.75, 3.05) is 12.8 Å². The van der Waals surface area contributed by atoms with Crippen LogP contribution in [0.4, 0.5) is 5.69 Å². The standard InChI is InChI=1S/C16H15NO3/c1-9-5-13-12-4-3-11(19-2)6-10(12)7-16(18)20-15(13)8-14(9)17/h3-6,8H,7,17H2,1-2H3. The molecule has 0 atom stereocenters. The van der Waals surface area contributed by atoms with Gasteiger partial charge in [0.15, 0.2) is 0 Å². The van der Waals surface area contributed by atoms with E-state index in [4.69, 9.17) is 15.2 Å². The van der Waals surface area contributed by atoms with Gasteiger partial charge >= 0.3 is 5.97 Å². The molecule has 4 heteroatoms. The van der Waals surface area contributed by atoms with E-state index in [1.54, 1.807) is 13.2 Å². The minimum absolute atomic E-state index is 0.222. The molecule has 0 amide bonds. The van der Waals surface area contributed by atoms with E-state index < -0.39 is 0 Å². The van der Waals surface area contributed by atoms with Crippen molar-refractivity contribution in [2.45, 2.75) is 13.3 Å². The molecule has 0 spiro atoms. The number of methoxy groups -OCH3 is 1. The van der Waals surface area contributed by atoms with E-state index >= 15 is 0 Å². The Bertz CT molecular complexity index is 707. The molecule has 0 saturated heterocycles. The molecule has 0 fully saturated rings. The summed E-state index contributed by atoms with van der Waals surface area (Å²) in [4.78, 5) is 11.9. The van der Waals surface area contributed by atoms with Crippen LogP contribution in [0.5, 0.6) is 11.5 Å². The van der Waals surface area contributed by atoms with Gasteiger partial charge in [0.1, 0.15) is 11.5 Å². The first-order valence-corrected chi connectivity index (χ1v) is 6.36. The maximum Gasteiger partial charge on any atom is 0.315 e. The van der Waals surface area contributed by atoms with Crippen LogP contribution in [0.2, 0.25) is 0 Å². The zero-order chi connectivity index (χ0) is 14.3. The molecule has 0 bridgehead atoms. The molecule has 102 valence electrons. The summed E-state index contributed by atoms with van der Waals surface area (Å²) >= 11 is 0. The third kappa shape index (κ3) is 1.99. The molecule has 1 aliphatic rings. The Morgan fingerprint density at radius 3 is 2.75 bits per heavy atom. The molecule has 4 nitrogen and oxygen atoms in total. The summed E-state index contributed by atoms with van der Waals surface area (Å²) in [6.07, 6.45) is 0.222. The number of carbonyl (C=O) groups is 1. The number of nitrogens with two attached hydrogens (primary N) is 1. The molecule has 0 unspecified atom stereocenters. The average molecular weight is 269 g/mol. The monoisotopic (exact) mass is 269 g/mol. The minimum Gasteiger partial charge on any atom is -0.497 e. The van der Waals surface area contributed by atoms with Crippen molar-refractivity contribution >= 4 is 11.7 Å². The highest BCUT2D eigenvalue weighted by atomic mass is 16.5. The van der Waals surface area contributed by atoms with E-state index in [1.807, 2.05) is 31.2 Å². The lowest BCUT2D eigenvalue weighted by molar-refractivity contribution is -0.133. The third-order valence-electron chi connectivity index (χ3n) is 3.53. The zero-order valence-corrected chi connectivity index (χ0v) is 11.4. The number of hydrogen-bond donors (Lipinski definition) is 1. The van der Waals surface area contributed by atoms with Crippen molar-refractivity contribution in [3.05, 3.63) is 41.5 Å². The lowest BCUT2D eigenvalue weighted by Gasteiger charge is -2.11. The quantitative estimate of drug-likeness (QED) is 0.491. The summed E-state index contributed by atoms with van der Waals surface area (Å²) in [7, 11) is 1.61. The van der Waals surface area contributed by atoms with Gasteiger partial charge in [-0.25, -0.2) is 0 Å². The molecule has 1 heterocycles. The van der Waals surface area contributed by atoms with Crippen LogP contribution in [0, 0.1) is 6.92 Å². The van der Waals surface area contributed by atoms with Crippen molar-refractivity contribution in [3.63, 3.8) is 0 Å². The van der Waals surface area contributed by atoms with Crippen LogP contribution < -0.4 is 15.2 Å². The van der Waals surface area contributed by atoms with Crippen LogP contribution in [-0.2, 0) is 11.2 Å². The van der Waals surface area contributed by atoms with E-state index in [1.165, 1.54) is 0 Å². The van der Waals surface area contributed by atoms with Gasteiger partial charge in [0, 0.05) is 17.3 Å². The Morgan fingerprint density at radius 1 is 1.20 bits per heavy atom. The second-order valence-electron chi connectivity index (χ2n) is 4.88. The Morgan fingerprint density at radius 2 is 2.00 bits per heavy atom. The number of benzene rings is 2. The SMILES string of the molecule is COc1ccc2c(c1)CC(=O)Oc1cc(N)c(C)cc1-2. The van der Waals surface area contributed by atoms with Gasteiger partial charge in [-0.3, -0.25) is 4.79 Å². The number of fused-ring (bicyclic) bond motifs is 3. The van der Waals surface area contributed by atoms with E-state index in [0.29, 0.717) is 11.4 Å². The van der Waals surface area contributed by atoms with Gasteiger partial charge in [-0.05, 0) is 41.8 Å². The van der Waals surface area contributed by atoms with Crippen molar-refractivity contribution in [1.29, 1.82) is 0 Å². The van der Waals surface area contributed by atoms with Crippen LogP contribution in [-0.4, -0.2) is 13.1 Å². The summed E-state index contributed by atoms with van der Waals surface area (Å²) in [5.74, 6) is 0.954. The summed E-state index contributed by atoms with van der Waals surface area (Å²) in [6, 6.07) is 9.36. The molecule has 0 saturated carbocycles. The van der Waals surface area contributed by atoms with Crippen molar-refractivity contribution < 1.29 is 14.3 Å². The summed E-state index contributed by atoms with van der Waals surface area (Å²) in [5.41, 5.74) is 10.2. The fourth-order valence-electron chi connectivity index (χ4n) is 2.42. The zero-order valence-electron chi connectivity index (χ0n) is 11.4. The smallest absolute Gasteiger partial charge is 0.315 e. The molecule has 2 aromatic carbocycles. The highest BCUT2D eigenvalue weighted by Crippen LogP contribution is 2.39. The van der Waals surface area contributed by atoms with Gasteiger partial charge in [0.2, 0.25) is 0 Å². The third-order valence-corrected chi connectivity index (χ3v) is 3.53. The van der Waals surface area contributed by atoms with Crippen LogP contribution in [0.15, 0.2) is 30.3 Å². The first-order valence-electron chi connectivity index (χ1n) is 6.36. The van der Waals surface area contributed by atoms with Gasteiger partial charge in [0.25, 0.3) is 0 Å². The second kappa shape index (κ2) is 4.56. The second-order valence-corrected chi connectivity index (χ2v) is 4.88. The number of aryl methyl sites for hydroxylation is 1. The number of rotatable bonds is 1. The number of hydrogen-bond acceptors (Lipinski definition) is 4. The number of esters is 1. The normalized spacial score (nSPS) is 13.0. The largest absolute Gasteiger partial charge is 0.497 e. The van der Waals surface area contributed by atoms with Crippen LogP contribution in [0.1, 0.15) is 11.1 Å². The first kappa shape index (κ1) is 12.5. The molecular formula is C16H15NO3. The average Bonchev–Trinajstić information content (AvgIpc) is 2.54. The van der Waals surface area contributed by atoms with Gasteiger partial charge in [-0.15, -0.1) is 0 Å². The molecule has 3 rings (SSSR count). The van der Waals surface area contributed by atoms with E-state index in [2.05, 4.69) is 0 Å². The molecule has 2 aromatic rings. The van der Waals surface area contributed by atoms with E-state index in [9.17, 15) is 4.79 Å². The molecule has 20 heavy (non-hydrogen) atoms. The van der Waals surface area contributed by atoms with Crippen LogP contribution in [0.25, 0.3) is 11.1 Å². The molecule has 0 radical (unpaired) electrons. The lowest BCUT2D eigenvalue weighted by Crippen LogP contribution is -2.09. The predicted octanol–water partition coefficient (Wildman–Crippen LogP) is 2.71. The topological polar surface area (TPSA) is 61.5 Å². The van der Waals surface area contributed by atoms with E-state index in [0.717, 1.165) is 28.0 Å². The van der Waals surface area contributed by atoms with Gasteiger partial charge in [-0.2, -0.15) is 0 Å². The lowest BCUT2D eigenvalue weighted by atomic mass is 9.96. The van der Waals surface area contributed by atoms with Crippen molar-refractivity contribution in [2.24, 2.45) is 0 Å². The van der Waals surface area contributed by atoms with Gasteiger partial charge in [-0.1, -0.05) is 6.07 Å². The number of ether oxygens (including phenoxy) is 2. The van der Waals surface area contributed by atoms with Crippen molar-refractivity contribution in [1.82, 2.24) is 0 Å². The summed E-state index contributed by atoms with van der Waals surface area (Å²) in [6.45, 7) is 1.94. The highest BCUT2D eigenvalue weighted by Gasteiger charge is 2.21. The van der Waals surface area contributed by atoms with E-state index in [-0.39, 0.29) is 12.4 Å². The molecule has 0 aliphatic carbocycles. The number of anilines is 1. The molecule has 0 aromatic heterocycles. The fourth-order valence-corrected chi connectivity index (χ4v) is 2.42. The number of nitrogen functional groups attached to an aromatic ring is 1. The maximum absolute atomic E-state index is 11.9. The molecule has 2 N–H and O–H groups in total. The van der Waals surface area contributed by atoms with Gasteiger partial charge < -0.3 is 15.2 Å². The highest BCUT2D eigenvalue weighted by molar-refractivity contribution is 5.88. The van der Waals surface area contributed by atoms with Gasteiger partial charge in [0.05, 0.1) is 13.5 Å². The summed E-state index contributed by atoms with van der Waals surface area (Å²) < 4.78 is 10.6.